The van der Waals surface area contributed by atoms with Crippen LogP contribution in [0.15, 0.2) is 78.9 Å². The van der Waals surface area contributed by atoms with Gasteiger partial charge in [0.05, 0.1) is 5.69 Å². The van der Waals surface area contributed by atoms with E-state index >= 15 is 0 Å². The molecule has 4 heteroatoms. The number of phenols is 1. The molecule has 0 aliphatic carbocycles. The van der Waals surface area contributed by atoms with Crippen LogP contribution >= 0.6 is 0 Å². The first-order valence-electron chi connectivity index (χ1n) is 8.28. The highest BCUT2D eigenvalue weighted by molar-refractivity contribution is 6.10. The topological polar surface area (TPSA) is 51.5 Å². The number of phenolic OH excluding ortho intramolecular Hbond substituents is 1. The Bertz CT molecular complexity index is 1080. The number of carbonyl (C=O) groups is 1. The third-order valence-electron chi connectivity index (χ3n) is 4.35. The minimum atomic E-state index is -0.0746. The molecular weight excluding hydrogens is 326 g/mol. The van der Waals surface area contributed by atoms with E-state index in [4.69, 9.17) is 4.74 Å². The van der Waals surface area contributed by atoms with Gasteiger partial charge in [-0.1, -0.05) is 18.2 Å². The molecule has 128 valence electrons. The van der Waals surface area contributed by atoms with E-state index in [0.717, 1.165) is 16.7 Å². The zero-order valence-corrected chi connectivity index (χ0v) is 14.2. The molecule has 0 unspecified atom stereocenters. The highest BCUT2D eigenvalue weighted by Gasteiger charge is 2.15. The molecular formula is C22H17NO3. The lowest BCUT2D eigenvalue weighted by Crippen LogP contribution is -2.07. The molecule has 1 heterocycles. The van der Waals surface area contributed by atoms with E-state index in [1.165, 1.54) is 0 Å². The van der Waals surface area contributed by atoms with Crippen LogP contribution in [0.25, 0.3) is 10.9 Å². The van der Waals surface area contributed by atoms with Gasteiger partial charge in [0, 0.05) is 23.5 Å². The molecule has 4 rings (SSSR count). The molecule has 0 aliphatic rings. The number of aromatic nitrogens is 1. The number of aryl methyl sites for hydroxylation is 1. The number of hydrogen-bond donors (Lipinski definition) is 1. The maximum absolute atomic E-state index is 12.9. The molecule has 0 radical (unpaired) electrons. The Kier molecular flexibility index (Phi) is 3.93. The molecule has 0 saturated heterocycles. The van der Waals surface area contributed by atoms with E-state index in [2.05, 4.69) is 0 Å². The Labute approximate surface area is 150 Å². The lowest BCUT2D eigenvalue weighted by molar-refractivity contribution is 0.103. The predicted octanol–water partition coefficient (Wildman–Crippen LogP) is 4.91. The number of carbonyl (C=O) groups excluding carboxylic acids is 1. The van der Waals surface area contributed by atoms with Gasteiger partial charge in [-0.05, 0) is 60.7 Å². The minimum absolute atomic E-state index is 0.0746. The molecule has 0 atom stereocenters. The van der Waals surface area contributed by atoms with Crippen molar-refractivity contribution in [2.24, 2.45) is 7.05 Å². The number of para-hydroxylation sites is 1. The molecule has 0 saturated carbocycles. The van der Waals surface area contributed by atoms with E-state index in [9.17, 15) is 9.90 Å². The summed E-state index contributed by atoms with van der Waals surface area (Å²) in [6, 6.07) is 23.5. The Hall–Kier alpha value is -3.53. The lowest BCUT2D eigenvalue weighted by atomic mass is 10.1. The van der Waals surface area contributed by atoms with Crippen LogP contribution in [0, 0.1) is 0 Å². The van der Waals surface area contributed by atoms with Crippen LogP contribution in [-0.4, -0.2) is 15.5 Å². The molecule has 0 spiro atoms. The number of ether oxygens (including phenoxy) is 1. The number of fused-ring (bicyclic) bond motifs is 1. The highest BCUT2D eigenvalue weighted by atomic mass is 16.5. The van der Waals surface area contributed by atoms with Crippen molar-refractivity contribution in [3.8, 4) is 17.2 Å². The molecule has 4 nitrogen and oxygen atoms in total. The van der Waals surface area contributed by atoms with Crippen molar-refractivity contribution in [1.29, 1.82) is 0 Å². The summed E-state index contributed by atoms with van der Waals surface area (Å²) in [5.41, 5.74) is 2.05. The molecule has 4 aromatic rings. The molecule has 3 aromatic carbocycles. The van der Waals surface area contributed by atoms with Gasteiger partial charge in [-0.2, -0.15) is 0 Å². The average molecular weight is 343 g/mol. The first kappa shape index (κ1) is 16.0. The van der Waals surface area contributed by atoms with Crippen LogP contribution in [0.5, 0.6) is 17.2 Å². The Morgan fingerprint density at radius 1 is 0.885 bits per heavy atom. The van der Waals surface area contributed by atoms with Gasteiger partial charge >= 0.3 is 0 Å². The van der Waals surface area contributed by atoms with E-state index in [1.807, 2.05) is 41.9 Å². The quantitative estimate of drug-likeness (QED) is 0.536. The van der Waals surface area contributed by atoms with Gasteiger partial charge in [0.15, 0.2) is 0 Å². The van der Waals surface area contributed by atoms with Crippen molar-refractivity contribution in [2.45, 2.75) is 0 Å². The fourth-order valence-electron chi connectivity index (χ4n) is 3.00. The van der Waals surface area contributed by atoms with Crippen molar-refractivity contribution in [1.82, 2.24) is 4.57 Å². The molecule has 0 amide bonds. The van der Waals surface area contributed by atoms with Crippen LogP contribution in [-0.2, 0) is 7.05 Å². The second kappa shape index (κ2) is 6.41. The van der Waals surface area contributed by atoms with Gasteiger partial charge < -0.3 is 14.4 Å². The van der Waals surface area contributed by atoms with Crippen LogP contribution in [0.3, 0.4) is 0 Å². The summed E-state index contributed by atoms with van der Waals surface area (Å²) in [4.78, 5) is 12.9. The monoisotopic (exact) mass is 343 g/mol. The molecule has 0 fully saturated rings. The van der Waals surface area contributed by atoms with Gasteiger partial charge in [-0.25, -0.2) is 0 Å². The third kappa shape index (κ3) is 2.93. The van der Waals surface area contributed by atoms with Crippen molar-refractivity contribution < 1.29 is 14.6 Å². The number of hydrogen-bond acceptors (Lipinski definition) is 3. The maximum Gasteiger partial charge on any atom is 0.209 e. The molecule has 0 aliphatic heterocycles. The van der Waals surface area contributed by atoms with Crippen LogP contribution in [0.4, 0.5) is 0 Å². The smallest absolute Gasteiger partial charge is 0.209 e. The van der Waals surface area contributed by atoms with Crippen LogP contribution in [0.1, 0.15) is 16.1 Å². The van der Waals surface area contributed by atoms with Crippen molar-refractivity contribution in [3.05, 3.63) is 90.1 Å². The summed E-state index contributed by atoms with van der Waals surface area (Å²) < 4.78 is 7.60. The average Bonchev–Trinajstić information content (AvgIpc) is 2.98. The van der Waals surface area contributed by atoms with Crippen molar-refractivity contribution in [2.75, 3.05) is 0 Å². The van der Waals surface area contributed by atoms with Gasteiger partial charge in [0.1, 0.15) is 17.2 Å². The number of aromatic hydroxyl groups is 1. The second-order valence-electron chi connectivity index (χ2n) is 6.10. The fourth-order valence-corrected chi connectivity index (χ4v) is 3.00. The van der Waals surface area contributed by atoms with Gasteiger partial charge in [-0.3, -0.25) is 4.79 Å². The molecule has 0 bridgehead atoms. The number of rotatable bonds is 4. The minimum Gasteiger partial charge on any atom is -0.508 e. The summed E-state index contributed by atoms with van der Waals surface area (Å²) in [6.45, 7) is 0. The molecule has 1 N–H and O–H groups in total. The molecule has 1 aromatic heterocycles. The first-order chi connectivity index (χ1) is 12.6. The van der Waals surface area contributed by atoms with E-state index in [1.54, 1.807) is 48.5 Å². The van der Waals surface area contributed by atoms with Gasteiger partial charge in [0.2, 0.25) is 5.78 Å². The first-order valence-corrected chi connectivity index (χ1v) is 8.28. The number of nitrogens with zero attached hydrogens (tertiary/aromatic N) is 1. The summed E-state index contributed by atoms with van der Waals surface area (Å²) in [7, 11) is 1.85. The zero-order chi connectivity index (χ0) is 18.1. The Morgan fingerprint density at radius 2 is 1.58 bits per heavy atom. The normalized spacial score (nSPS) is 10.8. The van der Waals surface area contributed by atoms with Crippen molar-refractivity contribution in [3.63, 3.8) is 0 Å². The van der Waals surface area contributed by atoms with Crippen molar-refractivity contribution >= 4 is 16.7 Å². The fraction of sp³-hybridized carbons (Fsp3) is 0.0455. The van der Waals surface area contributed by atoms with Crippen LogP contribution in [0.2, 0.25) is 0 Å². The number of ketones is 1. The van der Waals surface area contributed by atoms with Gasteiger partial charge in [-0.15, -0.1) is 0 Å². The number of benzene rings is 3. The standard InChI is InChI=1S/C22H17NO3/c1-23-20-12-9-17(24)13-16(20)14-21(23)22(25)15-7-10-19(11-8-15)26-18-5-3-2-4-6-18/h2-14,24H,1H3. The summed E-state index contributed by atoms with van der Waals surface area (Å²) in [5, 5.41) is 10.5. The van der Waals surface area contributed by atoms with E-state index in [-0.39, 0.29) is 11.5 Å². The van der Waals surface area contributed by atoms with Gasteiger partial charge in [0.25, 0.3) is 0 Å². The van der Waals surface area contributed by atoms with E-state index in [0.29, 0.717) is 17.0 Å². The summed E-state index contributed by atoms with van der Waals surface area (Å²) in [6.07, 6.45) is 0. The van der Waals surface area contributed by atoms with Crippen LogP contribution < -0.4 is 4.74 Å². The Morgan fingerprint density at radius 3 is 2.31 bits per heavy atom. The lowest BCUT2D eigenvalue weighted by Gasteiger charge is -2.07. The predicted molar refractivity (Wildman–Crippen MR) is 101 cm³/mol. The summed E-state index contributed by atoms with van der Waals surface area (Å²) >= 11 is 0. The Balaban J connectivity index is 1.61. The van der Waals surface area contributed by atoms with E-state index < -0.39 is 0 Å². The highest BCUT2D eigenvalue weighted by Crippen LogP contribution is 2.26. The SMILES string of the molecule is Cn1c(C(=O)c2ccc(Oc3ccccc3)cc2)cc2cc(O)ccc21. The maximum atomic E-state index is 12.9. The second-order valence-corrected chi connectivity index (χ2v) is 6.10. The zero-order valence-electron chi connectivity index (χ0n) is 14.2. The molecule has 26 heavy (non-hydrogen) atoms. The third-order valence-corrected chi connectivity index (χ3v) is 4.35. The summed E-state index contributed by atoms with van der Waals surface area (Å²) in [5.74, 6) is 1.54. The largest absolute Gasteiger partial charge is 0.508 e.